The molecule has 0 saturated carbocycles. The Bertz CT molecular complexity index is 1070. The smallest absolute Gasteiger partial charge is 0.337 e. The van der Waals surface area contributed by atoms with E-state index >= 15 is 0 Å². The number of hydrogen-bond donors (Lipinski definition) is 2. The number of pyridine rings is 1. The summed E-state index contributed by atoms with van der Waals surface area (Å²) in [6.45, 7) is 4.66. The number of hydrogen-bond acceptors (Lipinski definition) is 6. The number of carboxylic acid groups (broad SMARTS) is 1. The maximum atomic E-state index is 13.2. The molecule has 2 fully saturated rings. The highest BCUT2D eigenvalue weighted by molar-refractivity contribution is 7.92. The minimum Gasteiger partial charge on any atom is -0.478 e. The van der Waals surface area contributed by atoms with Gasteiger partial charge < -0.3 is 14.9 Å². The van der Waals surface area contributed by atoms with Crippen molar-refractivity contribution in [2.75, 3.05) is 42.3 Å². The van der Waals surface area contributed by atoms with Crippen LogP contribution < -0.4 is 9.62 Å². The normalized spacial score (nSPS) is 19.8. The molecule has 10 heteroatoms. The summed E-state index contributed by atoms with van der Waals surface area (Å²) in [6, 6.07) is 5.75. The fraction of sp³-hybridized carbons (Fsp3) is 0.455. The van der Waals surface area contributed by atoms with Crippen molar-refractivity contribution in [3.63, 3.8) is 0 Å². The number of carboxylic acids is 1. The van der Waals surface area contributed by atoms with Crippen molar-refractivity contribution in [1.82, 2.24) is 9.88 Å². The van der Waals surface area contributed by atoms with Crippen LogP contribution in [0, 0.1) is 11.7 Å². The SMILES string of the molecule is O=C(O)c1cnc(N2CCC[C@H](CN3CCCC3)C2)c(NS(=O)(=O)c2ccc(F)cc2)c1. The van der Waals surface area contributed by atoms with Crippen LogP contribution in [-0.4, -0.2) is 62.1 Å². The Hall–Kier alpha value is -2.72. The molecule has 0 amide bonds. The number of halogens is 1. The molecule has 2 aliphatic heterocycles. The van der Waals surface area contributed by atoms with Crippen LogP contribution in [0.1, 0.15) is 36.0 Å². The molecule has 2 aliphatic rings. The first-order valence-electron chi connectivity index (χ1n) is 10.8. The molecule has 8 nitrogen and oxygen atoms in total. The molecule has 0 aliphatic carbocycles. The van der Waals surface area contributed by atoms with E-state index in [-0.39, 0.29) is 16.1 Å². The van der Waals surface area contributed by atoms with E-state index in [0.29, 0.717) is 18.3 Å². The van der Waals surface area contributed by atoms with E-state index in [2.05, 4.69) is 14.6 Å². The molecular weight excluding hydrogens is 435 g/mol. The minimum absolute atomic E-state index is 0.107. The summed E-state index contributed by atoms with van der Waals surface area (Å²) in [5.41, 5.74) is -0.00719. The van der Waals surface area contributed by atoms with E-state index in [1.807, 2.05) is 4.90 Å². The zero-order chi connectivity index (χ0) is 22.7. The van der Waals surface area contributed by atoms with Gasteiger partial charge in [-0.15, -0.1) is 0 Å². The zero-order valence-corrected chi connectivity index (χ0v) is 18.5. The number of rotatable bonds is 7. The van der Waals surface area contributed by atoms with E-state index < -0.39 is 21.8 Å². The molecular formula is C22H27FN4O4S. The van der Waals surface area contributed by atoms with Gasteiger partial charge in [0.05, 0.1) is 16.1 Å². The Labute approximate surface area is 187 Å². The number of nitrogens with zero attached hydrogens (tertiary/aromatic N) is 3. The quantitative estimate of drug-likeness (QED) is 0.652. The van der Waals surface area contributed by atoms with Gasteiger partial charge in [-0.1, -0.05) is 0 Å². The van der Waals surface area contributed by atoms with E-state index in [4.69, 9.17) is 0 Å². The van der Waals surface area contributed by atoms with Crippen LogP contribution >= 0.6 is 0 Å². The molecule has 32 heavy (non-hydrogen) atoms. The zero-order valence-electron chi connectivity index (χ0n) is 17.7. The van der Waals surface area contributed by atoms with Gasteiger partial charge in [-0.2, -0.15) is 0 Å². The van der Waals surface area contributed by atoms with Crippen molar-refractivity contribution < 1.29 is 22.7 Å². The number of likely N-dealkylation sites (tertiary alicyclic amines) is 1. The van der Waals surface area contributed by atoms with Crippen LogP contribution in [0.15, 0.2) is 41.4 Å². The summed E-state index contributed by atoms with van der Waals surface area (Å²) in [4.78, 5) is 20.2. The van der Waals surface area contributed by atoms with Gasteiger partial charge in [-0.3, -0.25) is 4.72 Å². The summed E-state index contributed by atoms with van der Waals surface area (Å²) in [7, 11) is -4.05. The number of aromatic nitrogens is 1. The lowest BCUT2D eigenvalue weighted by Crippen LogP contribution is -2.41. The molecule has 1 atom stereocenters. The molecule has 0 spiro atoms. The van der Waals surface area contributed by atoms with E-state index in [0.717, 1.165) is 51.2 Å². The van der Waals surface area contributed by atoms with Gasteiger partial charge in [0.15, 0.2) is 5.82 Å². The van der Waals surface area contributed by atoms with E-state index in [1.54, 1.807) is 0 Å². The Balaban J connectivity index is 1.60. The number of anilines is 2. The molecule has 1 aromatic carbocycles. The van der Waals surface area contributed by atoms with Crippen LogP contribution in [0.3, 0.4) is 0 Å². The third-order valence-electron chi connectivity index (χ3n) is 6.02. The molecule has 1 aromatic heterocycles. The molecule has 3 heterocycles. The van der Waals surface area contributed by atoms with Gasteiger partial charge in [0.25, 0.3) is 10.0 Å². The molecule has 4 rings (SSSR count). The van der Waals surface area contributed by atoms with Crippen molar-refractivity contribution in [2.24, 2.45) is 5.92 Å². The monoisotopic (exact) mass is 462 g/mol. The largest absolute Gasteiger partial charge is 0.478 e. The topological polar surface area (TPSA) is 103 Å². The number of carbonyl (C=O) groups is 1. The lowest BCUT2D eigenvalue weighted by Gasteiger charge is -2.36. The molecule has 0 radical (unpaired) electrons. The highest BCUT2D eigenvalue weighted by Crippen LogP contribution is 2.31. The Kier molecular flexibility index (Phi) is 6.61. The Morgan fingerprint density at radius 3 is 2.56 bits per heavy atom. The average Bonchev–Trinajstić information content (AvgIpc) is 3.27. The number of aromatic carboxylic acids is 1. The predicted octanol–water partition coefficient (Wildman–Crippen LogP) is 3.03. The Morgan fingerprint density at radius 1 is 1.16 bits per heavy atom. The first-order valence-corrected chi connectivity index (χ1v) is 12.3. The number of benzene rings is 1. The highest BCUT2D eigenvalue weighted by Gasteiger charge is 2.27. The lowest BCUT2D eigenvalue weighted by molar-refractivity contribution is 0.0696. The average molecular weight is 463 g/mol. The second-order valence-corrected chi connectivity index (χ2v) is 10.1. The fourth-order valence-corrected chi connectivity index (χ4v) is 5.51. The predicted molar refractivity (Wildman–Crippen MR) is 119 cm³/mol. The first-order chi connectivity index (χ1) is 15.3. The van der Waals surface area contributed by atoms with Gasteiger partial charge in [0.1, 0.15) is 5.82 Å². The van der Waals surface area contributed by atoms with Crippen LogP contribution in [0.2, 0.25) is 0 Å². The molecule has 0 unspecified atom stereocenters. The van der Waals surface area contributed by atoms with Gasteiger partial charge in [0.2, 0.25) is 0 Å². The van der Waals surface area contributed by atoms with Crippen molar-refractivity contribution in [3.05, 3.63) is 47.9 Å². The van der Waals surface area contributed by atoms with Crippen molar-refractivity contribution in [3.8, 4) is 0 Å². The number of piperidine rings is 1. The maximum Gasteiger partial charge on any atom is 0.337 e. The van der Waals surface area contributed by atoms with E-state index in [9.17, 15) is 22.7 Å². The summed E-state index contributed by atoms with van der Waals surface area (Å²) in [5.74, 6) is -0.899. The van der Waals surface area contributed by atoms with Crippen molar-refractivity contribution >= 4 is 27.5 Å². The van der Waals surface area contributed by atoms with Crippen molar-refractivity contribution in [2.45, 2.75) is 30.6 Å². The highest BCUT2D eigenvalue weighted by atomic mass is 32.2. The number of nitrogens with one attached hydrogen (secondary N) is 1. The standard InChI is InChI=1S/C22H27FN4O4S/c23-18-5-7-19(8-6-18)32(30,31)25-20-12-17(22(28)29)13-24-21(20)27-11-3-4-16(15-27)14-26-9-1-2-10-26/h5-8,12-13,16,25H,1-4,9-11,14-15H2,(H,28,29)/t16-/m1/s1. The minimum atomic E-state index is -4.05. The van der Waals surface area contributed by atoms with Gasteiger partial charge in [0, 0.05) is 25.8 Å². The van der Waals surface area contributed by atoms with Crippen molar-refractivity contribution in [1.29, 1.82) is 0 Å². The van der Waals surface area contributed by atoms with Gasteiger partial charge >= 0.3 is 5.97 Å². The second kappa shape index (κ2) is 9.41. The third-order valence-corrected chi connectivity index (χ3v) is 7.40. The molecule has 2 N–H and O–H groups in total. The summed E-state index contributed by atoms with van der Waals surface area (Å²) in [6.07, 6.45) is 5.74. The lowest BCUT2D eigenvalue weighted by atomic mass is 9.97. The van der Waals surface area contributed by atoms with Crippen LogP contribution in [-0.2, 0) is 10.0 Å². The maximum absolute atomic E-state index is 13.2. The van der Waals surface area contributed by atoms with Crippen LogP contribution in [0.5, 0.6) is 0 Å². The van der Waals surface area contributed by atoms with Crippen LogP contribution in [0.25, 0.3) is 0 Å². The molecule has 0 bridgehead atoms. The summed E-state index contributed by atoms with van der Waals surface area (Å²) >= 11 is 0. The fourth-order valence-electron chi connectivity index (χ4n) is 4.46. The summed E-state index contributed by atoms with van der Waals surface area (Å²) < 4.78 is 41.5. The first kappa shape index (κ1) is 22.5. The third kappa shape index (κ3) is 5.18. The Morgan fingerprint density at radius 2 is 1.88 bits per heavy atom. The summed E-state index contributed by atoms with van der Waals surface area (Å²) in [5, 5.41) is 9.38. The van der Waals surface area contributed by atoms with E-state index in [1.165, 1.54) is 37.2 Å². The molecule has 2 aromatic rings. The second-order valence-electron chi connectivity index (χ2n) is 8.42. The molecule has 2 saturated heterocycles. The van der Waals surface area contributed by atoms with Crippen LogP contribution in [0.4, 0.5) is 15.9 Å². The van der Waals surface area contributed by atoms with Gasteiger partial charge in [-0.05, 0) is 75.0 Å². The van der Waals surface area contributed by atoms with Gasteiger partial charge in [-0.25, -0.2) is 22.6 Å². The number of sulfonamides is 1. The molecule has 172 valence electrons.